The first-order valence-corrected chi connectivity index (χ1v) is 12.5. The Morgan fingerprint density at radius 2 is 1.90 bits per heavy atom. The fraction of sp³-hybridized carbons (Fsp3) is 0.476. The van der Waals surface area contributed by atoms with Crippen molar-refractivity contribution in [2.75, 3.05) is 11.9 Å². The van der Waals surface area contributed by atoms with Crippen LogP contribution in [-0.2, 0) is 14.8 Å². The number of rotatable bonds is 4. The number of hydrogen-bond donors (Lipinski definition) is 1. The minimum atomic E-state index is -3.68. The number of carbonyl (C=O) groups is 1. The molecule has 0 unspecified atom stereocenters. The van der Waals surface area contributed by atoms with Gasteiger partial charge in [0.2, 0.25) is 5.91 Å². The molecule has 7 nitrogen and oxygen atoms in total. The monoisotopic (exact) mass is 448 g/mol. The number of sulfonamides is 1. The van der Waals surface area contributed by atoms with Gasteiger partial charge in [-0.3, -0.25) is 4.79 Å². The number of fused-ring (bicyclic) bond motifs is 1. The van der Waals surface area contributed by atoms with Gasteiger partial charge in [0.15, 0.2) is 11.5 Å². The Balaban J connectivity index is 1.32. The molecule has 1 spiro atoms. The van der Waals surface area contributed by atoms with Crippen molar-refractivity contribution >= 4 is 33.0 Å². The van der Waals surface area contributed by atoms with Gasteiger partial charge in [0.25, 0.3) is 15.8 Å². The third-order valence-electron chi connectivity index (χ3n) is 5.95. The lowest BCUT2D eigenvalue weighted by Gasteiger charge is -2.22. The first kappa shape index (κ1) is 19.8. The molecule has 1 saturated heterocycles. The highest BCUT2D eigenvalue weighted by Gasteiger charge is 2.44. The zero-order valence-electron chi connectivity index (χ0n) is 16.7. The van der Waals surface area contributed by atoms with Gasteiger partial charge in [-0.1, -0.05) is 0 Å². The fourth-order valence-electron chi connectivity index (χ4n) is 4.47. The third kappa shape index (κ3) is 3.38. The van der Waals surface area contributed by atoms with Crippen LogP contribution in [0, 0.1) is 6.92 Å². The molecule has 1 aromatic carbocycles. The number of aryl methyl sites for hydroxylation is 1. The normalized spacial score (nSPS) is 22.6. The quantitative estimate of drug-likeness (QED) is 0.767. The van der Waals surface area contributed by atoms with Gasteiger partial charge in [-0.25, -0.2) is 8.42 Å². The Morgan fingerprint density at radius 3 is 2.63 bits per heavy atom. The van der Waals surface area contributed by atoms with Crippen molar-refractivity contribution in [1.82, 2.24) is 4.31 Å². The lowest BCUT2D eigenvalue weighted by molar-refractivity contribution is -0.119. The Kier molecular flexibility index (Phi) is 4.79. The van der Waals surface area contributed by atoms with E-state index in [1.54, 1.807) is 30.3 Å². The second-order valence-corrected chi connectivity index (χ2v) is 11.5. The van der Waals surface area contributed by atoms with Crippen molar-refractivity contribution in [2.24, 2.45) is 0 Å². The number of nitrogens with one attached hydrogen (secondary N) is 1. The molecule has 2 aliphatic heterocycles. The number of hydrogen-bond acceptors (Lipinski definition) is 6. The van der Waals surface area contributed by atoms with Crippen LogP contribution in [0.2, 0.25) is 0 Å². The van der Waals surface area contributed by atoms with Crippen molar-refractivity contribution in [3.05, 3.63) is 35.2 Å². The minimum absolute atomic E-state index is 0.282. The number of thiophene rings is 1. The molecule has 2 fully saturated rings. The van der Waals surface area contributed by atoms with Gasteiger partial charge in [-0.15, -0.1) is 11.3 Å². The molecule has 3 aliphatic rings. The highest BCUT2D eigenvalue weighted by molar-refractivity contribution is 7.91. The van der Waals surface area contributed by atoms with E-state index in [0.29, 0.717) is 36.6 Å². The van der Waals surface area contributed by atoms with Crippen molar-refractivity contribution in [1.29, 1.82) is 0 Å². The van der Waals surface area contributed by atoms with Crippen molar-refractivity contribution in [3.8, 4) is 11.5 Å². The zero-order chi connectivity index (χ0) is 20.9. The predicted octanol–water partition coefficient (Wildman–Crippen LogP) is 3.89. The molecule has 9 heteroatoms. The summed E-state index contributed by atoms with van der Waals surface area (Å²) in [4.78, 5) is 13.9. The van der Waals surface area contributed by atoms with Gasteiger partial charge in [0.05, 0.1) is 0 Å². The maximum Gasteiger partial charge on any atom is 0.253 e. The van der Waals surface area contributed by atoms with E-state index in [-0.39, 0.29) is 10.1 Å². The molecule has 3 heterocycles. The van der Waals surface area contributed by atoms with Crippen LogP contribution in [0.25, 0.3) is 0 Å². The molecule has 1 atom stereocenters. The average molecular weight is 449 g/mol. The van der Waals surface area contributed by atoms with E-state index in [0.717, 1.165) is 30.6 Å². The molecule has 2 aromatic rings. The second-order valence-electron chi connectivity index (χ2n) is 8.11. The van der Waals surface area contributed by atoms with E-state index in [2.05, 4.69) is 5.32 Å². The second kappa shape index (κ2) is 7.25. The standard InChI is InChI=1S/C21H24N2O5S2/c1-14-6-9-19(29-14)30(25,26)23-12-4-5-16(23)20(24)22-15-7-8-17-18(13-15)28-21(27-17)10-2-3-11-21/h6-9,13,16H,2-5,10-12H2,1H3,(H,22,24)/t16-/m0/s1. The Hall–Kier alpha value is -2.10. The summed E-state index contributed by atoms with van der Waals surface area (Å²) in [5, 5.41) is 2.87. The molecular weight excluding hydrogens is 424 g/mol. The fourth-order valence-corrected chi connectivity index (χ4v) is 7.54. The van der Waals surface area contributed by atoms with Gasteiger partial charge in [-0.2, -0.15) is 4.31 Å². The highest BCUT2D eigenvalue weighted by atomic mass is 32.2. The minimum Gasteiger partial charge on any atom is -0.448 e. The summed E-state index contributed by atoms with van der Waals surface area (Å²) in [6.07, 6.45) is 5.04. The number of carbonyl (C=O) groups excluding carboxylic acids is 1. The van der Waals surface area contributed by atoms with Gasteiger partial charge in [0.1, 0.15) is 10.3 Å². The van der Waals surface area contributed by atoms with Gasteiger partial charge in [0, 0.05) is 36.0 Å². The smallest absolute Gasteiger partial charge is 0.253 e. The van der Waals surface area contributed by atoms with Crippen LogP contribution in [0.3, 0.4) is 0 Å². The third-order valence-corrected chi connectivity index (χ3v) is 9.33. The Labute approximate surface area is 180 Å². The lowest BCUT2D eigenvalue weighted by Crippen LogP contribution is -2.42. The summed E-state index contributed by atoms with van der Waals surface area (Å²) in [5.74, 6) is 0.437. The van der Waals surface area contributed by atoms with E-state index in [1.807, 2.05) is 6.92 Å². The SMILES string of the molecule is Cc1ccc(S(=O)(=O)N2CCC[C@H]2C(=O)Nc2ccc3c(c2)OC2(CCCC2)O3)s1. The van der Waals surface area contributed by atoms with Crippen LogP contribution in [0.15, 0.2) is 34.5 Å². The topological polar surface area (TPSA) is 84.9 Å². The Bertz CT molecular complexity index is 1090. The molecule has 0 radical (unpaired) electrons. The summed E-state index contributed by atoms with van der Waals surface area (Å²) in [5.41, 5.74) is 0.577. The van der Waals surface area contributed by atoms with Crippen LogP contribution < -0.4 is 14.8 Å². The largest absolute Gasteiger partial charge is 0.448 e. The van der Waals surface area contributed by atoms with Gasteiger partial charge < -0.3 is 14.8 Å². The molecule has 1 aromatic heterocycles. The van der Waals surface area contributed by atoms with Crippen LogP contribution in [-0.4, -0.2) is 37.0 Å². The molecule has 0 bridgehead atoms. The van der Waals surface area contributed by atoms with Gasteiger partial charge in [-0.05, 0) is 56.9 Å². The molecule has 1 saturated carbocycles. The molecule has 1 aliphatic carbocycles. The summed E-state index contributed by atoms with van der Waals surface area (Å²) < 4.78 is 39.7. The van der Waals surface area contributed by atoms with Crippen molar-refractivity contribution in [2.45, 2.75) is 61.5 Å². The number of ether oxygens (including phenoxy) is 2. The van der Waals surface area contributed by atoms with Gasteiger partial charge >= 0.3 is 0 Å². The Morgan fingerprint density at radius 1 is 1.13 bits per heavy atom. The molecule has 1 amide bonds. The first-order valence-electron chi connectivity index (χ1n) is 10.3. The summed E-state index contributed by atoms with van der Waals surface area (Å²) in [6.45, 7) is 2.22. The molecule has 160 valence electrons. The molecule has 5 rings (SSSR count). The zero-order valence-corrected chi connectivity index (χ0v) is 18.4. The van der Waals surface area contributed by atoms with E-state index in [4.69, 9.17) is 9.47 Å². The molecule has 1 N–H and O–H groups in total. The highest BCUT2D eigenvalue weighted by Crippen LogP contribution is 2.47. The first-order chi connectivity index (χ1) is 14.4. The summed E-state index contributed by atoms with van der Waals surface area (Å²) in [7, 11) is -3.68. The number of anilines is 1. The number of amides is 1. The van der Waals surface area contributed by atoms with E-state index >= 15 is 0 Å². The lowest BCUT2D eigenvalue weighted by atomic mass is 10.2. The van der Waals surface area contributed by atoms with Crippen molar-refractivity contribution < 1.29 is 22.7 Å². The van der Waals surface area contributed by atoms with Crippen LogP contribution in [0.1, 0.15) is 43.4 Å². The molecular formula is C21H24N2O5S2. The predicted molar refractivity (Wildman–Crippen MR) is 113 cm³/mol. The van der Waals surface area contributed by atoms with E-state index < -0.39 is 21.9 Å². The maximum absolute atomic E-state index is 13.0. The molecule has 30 heavy (non-hydrogen) atoms. The van der Waals surface area contributed by atoms with E-state index in [1.165, 1.54) is 15.6 Å². The van der Waals surface area contributed by atoms with E-state index in [9.17, 15) is 13.2 Å². The number of benzene rings is 1. The number of nitrogens with zero attached hydrogens (tertiary/aromatic N) is 1. The van der Waals surface area contributed by atoms with Crippen molar-refractivity contribution in [3.63, 3.8) is 0 Å². The average Bonchev–Trinajstić information content (AvgIpc) is 3.48. The summed E-state index contributed by atoms with van der Waals surface area (Å²) in [6, 6.07) is 8.01. The van der Waals surface area contributed by atoms with Crippen LogP contribution in [0.5, 0.6) is 11.5 Å². The van der Waals surface area contributed by atoms with Crippen LogP contribution >= 0.6 is 11.3 Å². The summed E-state index contributed by atoms with van der Waals surface area (Å²) >= 11 is 1.23. The van der Waals surface area contributed by atoms with Crippen LogP contribution in [0.4, 0.5) is 5.69 Å². The maximum atomic E-state index is 13.0.